The first-order chi connectivity index (χ1) is 15.2. The second-order valence-corrected chi connectivity index (χ2v) is 9.18. The molecule has 1 aliphatic heterocycles. The highest BCUT2D eigenvalue weighted by molar-refractivity contribution is 7.99. The highest BCUT2D eigenvalue weighted by atomic mass is 32.2. The van der Waals surface area contributed by atoms with E-state index in [-0.39, 0.29) is 51.5 Å². The summed E-state index contributed by atoms with van der Waals surface area (Å²) in [5.74, 6) is -0.706. The van der Waals surface area contributed by atoms with Crippen LogP contribution in [0.1, 0.15) is 43.7 Å². The summed E-state index contributed by atoms with van der Waals surface area (Å²) in [7, 11) is 0. The third-order valence-electron chi connectivity index (χ3n) is 5.33. The van der Waals surface area contributed by atoms with E-state index in [9.17, 15) is 19.4 Å². The largest absolute Gasteiger partial charge is 0.508 e. The highest BCUT2D eigenvalue weighted by Crippen LogP contribution is 2.33. The molecule has 1 heterocycles. The first-order valence-corrected chi connectivity index (χ1v) is 11.5. The summed E-state index contributed by atoms with van der Waals surface area (Å²) in [5.41, 5.74) is 0.786. The Bertz CT molecular complexity index is 1030. The highest BCUT2D eigenvalue weighted by Gasteiger charge is 2.28. The van der Waals surface area contributed by atoms with Gasteiger partial charge in [0.2, 0.25) is 0 Å². The molecule has 1 amide bonds. The molecule has 1 saturated heterocycles. The number of phenols is 2. The van der Waals surface area contributed by atoms with Crippen molar-refractivity contribution in [2.75, 3.05) is 16.4 Å². The quantitative estimate of drug-likeness (QED) is 0.322. The zero-order chi connectivity index (χ0) is 23.4. The summed E-state index contributed by atoms with van der Waals surface area (Å²) in [4.78, 5) is 13.9. The third kappa shape index (κ3) is 6.46. The Balaban J connectivity index is 0.00000289. The number of halogens is 1. The number of benzene rings is 2. The van der Waals surface area contributed by atoms with Gasteiger partial charge in [0, 0.05) is 17.8 Å². The Labute approximate surface area is 201 Å². The fourth-order valence-corrected chi connectivity index (χ4v) is 4.63. The minimum Gasteiger partial charge on any atom is -0.508 e. The fourth-order valence-electron chi connectivity index (χ4n) is 3.52. The van der Waals surface area contributed by atoms with Gasteiger partial charge in [-0.15, -0.1) is 0 Å². The molecule has 0 saturated carbocycles. The predicted octanol–water partition coefficient (Wildman–Crippen LogP) is 2.53. The van der Waals surface area contributed by atoms with E-state index in [1.807, 2.05) is 25.6 Å². The van der Waals surface area contributed by atoms with Crippen LogP contribution in [0.5, 0.6) is 11.5 Å². The van der Waals surface area contributed by atoms with Crippen LogP contribution in [-0.4, -0.2) is 56.3 Å². The van der Waals surface area contributed by atoms with Crippen LogP contribution >= 0.6 is 11.8 Å². The SMILES string of the molecule is CC(C)c1cc(C(=N)N(C(=N)C(=O)NC2CCSCC2)c2ccc(F)cc2)c(O)cc1O.O.O. The van der Waals surface area contributed by atoms with Crippen LogP contribution in [0.2, 0.25) is 0 Å². The van der Waals surface area contributed by atoms with Crippen molar-refractivity contribution in [3.8, 4) is 11.5 Å². The van der Waals surface area contributed by atoms with Gasteiger partial charge >= 0.3 is 0 Å². The van der Waals surface area contributed by atoms with Crippen molar-refractivity contribution >= 4 is 35.0 Å². The van der Waals surface area contributed by atoms with Crippen LogP contribution in [-0.2, 0) is 4.79 Å². The number of nitrogens with zero attached hydrogens (tertiary/aromatic N) is 1. The van der Waals surface area contributed by atoms with Crippen molar-refractivity contribution in [1.82, 2.24) is 5.32 Å². The number of thioether (sulfide) groups is 1. The minimum absolute atomic E-state index is 0. The summed E-state index contributed by atoms with van der Waals surface area (Å²) in [6.45, 7) is 3.71. The summed E-state index contributed by atoms with van der Waals surface area (Å²) >= 11 is 1.81. The van der Waals surface area contributed by atoms with Crippen LogP contribution in [0, 0.1) is 16.6 Å². The van der Waals surface area contributed by atoms with Gasteiger partial charge in [-0.05, 0) is 66.2 Å². The molecule has 0 atom stereocenters. The lowest BCUT2D eigenvalue weighted by molar-refractivity contribution is -0.115. The molecule has 0 unspecified atom stereocenters. The van der Waals surface area contributed by atoms with Crippen LogP contribution in [0.15, 0.2) is 36.4 Å². The van der Waals surface area contributed by atoms with Gasteiger partial charge in [0.15, 0.2) is 5.84 Å². The van der Waals surface area contributed by atoms with Crippen LogP contribution in [0.4, 0.5) is 10.1 Å². The molecular formula is C23H31FN4O5S. The lowest BCUT2D eigenvalue weighted by Crippen LogP contribution is -2.49. The second kappa shape index (κ2) is 12.4. The topological polar surface area (TPSA) is 184 Å². The number of rotatable bonds is 4. The first kappa shape index (κ1) is 28.9. The third-order valence-corrected chi connectivity index (χ3v) is 6.37. The Morgan fingerprint density at radius 3 is 2.24 bits per heavy atom. The maximum atomic E-state index is 13.5. The molecule has 2 aromatic carbocycles. The van der Waals surface area contributed by atoms with E-state index >= 15 is 0 Å². The van der Waals surface area contributed by atoms with E-state index in [2.05, 4.69) is 5.32 Å². The van der Waals surface area contributed by atoms with Crippen molar-refractivity contribution < 1.29 is 30.4 Å². The molecule has 3 rings (SSSR count). The Morgan fingerprint density at radius 2 is 1.68 bits per heavy atom. The average molecular weight is 495 g/mol. The number of anilines is 1. The molecule has 9 nitrogen and oxygen atoms in total. The Kier molecular flexibility index (Phi) is 10.5. The molecule has 1 fully saturated rings. The van der Waals surface area contributed by atoms with Crippen molar-refractivity contribution in [3.63, 3.8) is 0 Å². The summed E-state index contributed by atoms with van der Waals surface area (Å²) < 4.78 is 13.5. The number of aromatic hydroxyl groups is 2. The molecule has 2 aromatic rings. The maximum Gasteiger partial charge on any atom is 0.287 e. The van der Waals surface area contributed by atoms with Gasteiger partial charge in [-0.2, -0.15) is 11.8 Å². The molecule has 186 valence electrons. The van der Waals surface area contributed by atoms with Gasteiger partial charge < -0.3 is 26.5 Å². The molecule has 1 aliphatic rings. The van der Waals surface area contributed by atoms with Gasteiger partial charge in [-0.3, -0.25) is 20.5 Å². The molecule has 9 N–H and O–H groups in total. The molecule has 0 bridgehead atoms. The van der Waals surface area contributed by atoms with Gasteiger partial charge in [0.05, 0.1) is 5.56 Å². The number of carbonyl (C=O) groups excluding carboxylic acids is 1. The zero-order valence-corrected chi connectivity index (χ0v) is 19.8. The lowest BCUT2D eigenvalue weighted by atomic mass is 9.98. The van der Waals surface area contributed by atoms with Crippen LogP contribution in [0.25, 0.3) is 0 Å². The summed E-state index contributed by atoms with van der Waals surface area (Å²) in [5, 5.41) is 40.7. The molecular weight excluding hydrogens is 463 g/mol. The molecule has 0 aliphatic carbocycles. The minimum atomic E-state index is -0.654. The van der Waals surface area contributed by atoms with Gasteiger partial charge in [-0.1, -0.05) is 13.8 Å². The van der Waals surface area contributed by atoms with E-state index < -0.39 is 17.6 Å². The molecule has 0 aromatic heterocycles. The summed E-state index contributed by atoms with van der Waals surface area (Å²) in [6, 6.07) is 7.64. The number of phenolic OH excluding ortho intramolecular Hbond substituents is 2. The molecule has 34 heavy (non-hydrogen) atoms. The summed E-state index contributed by atoms with van der Waals surface area (Å²) in [6.07, 6.45) is 1.60. The predicted molar refractivity (Wildman–Crippen MR) is 133 cm³/mol. The van der Waals surface area contributed by atoms with Gasteiger partial charge in [0.1, 0.15) is 23.2 Å². The van der Waals surface area contributed by atoms with E-state index in [0.717, 1.165) is 35.3 Å². The Morgan fingerprint density at radius 1 is 1.09 bits per heavy atom. The standard InChI is InChI=1S/C23H27FN4O3S.2H2O/c1-13(2)17-11-18(20(30)12-19(17)29)21(25)28(16-5-3-14(24)4-6-16)22(26)23(31)27-15-7-9-32-10-8-15;;/h3-6,11-13,15,25-26,29-30H,7-10H2,1-2H3,(H,27,31);2*1H2. The van der Waals surface area contributed by atoms with E-state index in [1.54, 1.807) is 0 Å². The molecule has 0 radical (unpaired) electrons. The van der Waals surface area contributed by atoms with E-state index in [1.165, 1.54) is 30.3 Å². The van der Waals surface area contributed by atoms with Crippen molar-refractivity contribution in [2.45, 2.75) is 38.6 Å². The average Bonchev–Trinajstić information content (AvgIpc) is 2.75. The Hall–Kier alpha value is -3.15. The van der Waals surface area contributed by atoms with Crippen LogP contribution in [0.3, 0.4) is 0 Å². The first-order valence-electron chi connectivity index (χ1n) is 10.4. The number of amides is 1. The fraction of sp³-hybridized carbons (Fsp3) is 0.348. The van der Waals surface area contributed by atoms with E-state index in [0.29, 0.717) is 5.56 Å². The number of hydrogen-bond donors (Lipinski definition) is 5. The normalized spacial score (nSPS) is 13.4. The number of amidine groups is 2. The van der Waals surface area contributed by atoms with Crippen molar-refractivity contribution in [1.29, 1.82) is 10.8 Å². The van der Waals surface area contributed by atoms with Crippen molar-refractivity contribution in [2.24, 2.45) is 0 Å². The molecule has 0 spiro atoms. The lowest BCUT2D eigenvalue weighted by Gasteiger charge is -2.28. The van der Waals surface area contributed by atoms with Crippen molar-refractivity contribution in [3.05, 3.63) is 53.3 Å². The smallest absolute Gasteiger partial charge is 0.287 e. The maximum absolute atomic E-state index is 13.5. The number of nitrogens with one attached hydrogen (secondary N) is 3. The van der Waals surface area contributed by atoms with Gasteiger partial charge in [0.25, 0.3) is 5.91 Å². The second-order valence-electron chi connectivity index (χ2n) is 7.95. The zero-order valence-electron chi connectivity index (χ0n) is 19.0. The van der Waals surface area contributed by atoms with Crippen LogP contribution < -0.4 is 10.2 Å². The van der Waals surface area contributed by atoms with Gasteiger partial charge in [-0.25, -0.2) is 4.39 Å². The van der Waals surface area contributed by atoms with E-state index in [4.69, 9.17) is 10.8 Å². The monoisotopic (exact) mass is 494 g/mol. The number of hydrogen-bond acceptors (Lipinski definition) is 6. The number of carbonyl (C=O) groups is 1. The molecule has 11 heteroatoms.